The van der Waals surface area contributed by atoms with Crippen LogP contribution in [0.4, 0.5) is 0 Å². The normalized spacial score (nSPS) is 42.4. The molecule has 0 heterocycles. The number of hydrogen-bond acceptors (Lipinski definition) is 5. The Kier molecular flexibility index (Phi) is 6.04. The lowest BCUT2D eigenvalue weighted by Gasteiger charge is -2.57. The molecule has 0 aromatic heterocycles. The quantitative estimate of drug-likeness (QED) is 0.615. The molecular formula is C26H33ClO5. The van der Waals surface area contributed by atoms with Crippen molar-refractivity contribution < 1.29 is 24.2 Å². The second-order valence-corrected chi connectivity index (χ2v) is 11.1. The highest BCUT2D eigenvalue weighted by atomic mass is 35.5. The minimum absolute atomic E-state index is 0.000793. The number of ether oxygens (including phenoxy) is 1. The second kappa shape index (κ2) is 8.25. The highest BCUT2D eigenvalue weighted by molar-refractivity contribution is 6.32. The molecule has 0 radical (unpaired) electrons. The smallest absolute Gasteiger partial charge is 0.306 e. The van der Waals surface area contributed by atoms with Crippen LogP contribution in [0.2, 0.25) is 0 Å². The average molecular weight is 461 g/mol. The van der Waals surface area contributed by atoms with Gasteiger partial charge in [0.15, 0.2) is 11.6 Å². The van der Waals surface area contributed by atoms with Gasteiger partial charge in [-0.1, -0.05) is 51.4 Å². The molecule has 0 bridgehead atoms. The van der Waals surface area contributed by atoms with E-state index < -0.39 is 16.9 Å². The lowest BCUT2D eigenvalue weighted by molar-refractivity contribution is -0.152. The summed E-state index contributed by atoms with van der Waals surface area (Å²) in [6.45, 7) is 7.94. The Morgan fingerprint density at radius 2 is 2.03 bits per heavy atom. The van der Waals surface area contributed by atoms with Crippen LogP contribution in [-0.2, 0) is 19.1 Å². The maximum Gasteiger partial charge on any atom is 0.306 e. The van der Waals surface area contributed by atoms with Gasteiger partial charge in [-0.3, -0.25) is 14.4 Å². The van der Waals surface area contributed by atoms with Crippen LogP contribution in [0.5, 0.6) is 0 Å². The summed E-state index contributed by atoms with van der Waals surface area (Å²) in [5.41, 5.74) is -0.156. The predicted molar refractivity (Wildman–Crippen MR) is 122 cm³/mol. The number of hydrogen-bond donors (Lipinski definition) is 1. The van der Waals surface area contributed by atoms with E-state index in [0.717, 1.165) is 12.0 Å². The molecule has 8 atom stereocenters. The number of rotatable bonds is 5. The number of halogens is 1. The van der Waals surface area contributed by atoms with E-state index in [4.69, 9.17) is 16.3 Å². The largest absolute Gasteiger partial charge is 0.458 e. The molecule has 0 aromatic rings. The van der Waals surface area contributed by atoms with Crippen LogP contribution < -0.4 is 0 Å². The number of fused-ring (bicyclic) bond motifs is 5. The fourth-order valence-electron chi connectivity index (χ4n) is 7.43. The predicted octanol–water partition coefficient (Wildman–Crippen LogP) is 4.38. The van der Waals surface area contributed by atoms with Crippen LogP contribution in [-0.4, -0.2) is 35.4 Å². The molecule has 4 aliphatic rings. The molecule has 0 aliphatic heterocycles. The summed E-state index contributed by atoms with van der Waals surface area (Å²) in [4.78, 5) is 37.0. The highest BCUT2D eigenvalue weighted by Crippen LogP contribution is 2.66. The molecule has 32 heavy (non-hydrogen) atoms. The topological polar surface area (TPSA) is 80.7 Å². The SMILES string of the molecule is CCCC(=O)OCC(=O)[C@H]1C(C)C[C@H]2[C@@H]3C=C(Cl)C4=CC(=O)C=C[C@]4(C)[C@H]3C(O)C[C@]12C. The number of esters is 1. The zero-order chi connectivity index (χ0) is 23.4. The summed E-state index contributed by atoms with van der Waals surface area (Å²) in [5, 5.41) is 12.0. The van der Waals surface area contributed by atoms with E-state index in [1.165, 1.54) is 0 Å². The van der Waals surface area contributed by atoms with Crippen molar-refractivity contribution in [3.8, 4) is 0 Å². The van der Waals surface area contributed by atoms with Gasteiger partial charge in [-0.25, -0.2) is 0 Å². The first kappa shape index (κ1) is 23.4. The van der Waals surface area contributed by atoms with E-state index in [1.54, 1.807) is 12.2 Å². The Balaban J connectivity index is 1.66. The number of ketones is 2. The minimum atomic E-state index is -0.642. The van der Waals surface area contributed by atoms with Crippen LogP contribution in [0, 0.1) is 40.4 Å². The van der Waals surface area contributed by atoms with Gasteiger partial charge in [0, 0.05) is 28.7 Å². The van der Waals surface area contributed by atoms with E-state index in [2.05, 4.69) is 20.8 Å². The van der Waals surface area contributed by atoms with E-state index in [-0.39, 0.29) is 53.7 Å². The van der Waals surface area contributed by atoms with Crippen molar-refractivity contribution in [2.24, 2.45) is 40.4 Å². The number of aliphatic hydroxyl groups is 1. The molecule has 5 nitrogen and oxygen atoms in total. The van der Waals surface area contributed by atoms with Crippen LogP contribution in [0.25, 0.3) is 0 Å². The molecule has 2 fully saturated rings. The standard InChI is InChI=1S/C26H33ClO5/c1-5-6-22(31)32-13-21(30)23-14(2)9-17-16-11-19(27)18-10-15(28)7-8-25(18,3)24(16)20(29)12-26(17,23)4/h7-8,10-11,14,16-17,20,23-24,29H,5-6,9,12-13H2,1-4H3/t14?,16-,17-,20?,23+,24+,25-,26-/m0/s1. The zero-order valence-electron chi connectivity index (χ0n) is 19.3. The lowest BCUT2D eigenvalue weighted by atomic mass is 9.48. The van der Waals surface area contributed by atoms with E-state index >= 15 is 0 Å². The van der Waals surface area contributed by atoms with Crippen molar-refractivity contribution in [1.82, 2.24) is 0 Å². The van der Waals surface area contributed by atoms with Crippen molar-refractivity contribution in [1.29, 1.82) is 0 Å². The van der Waals surface area contributed by atoms with Crippen molar-refractivity contribution in [3.05, 3.63) is 34.9 Å². The van der Waals surface area contributed by atoms with Gasteiger partial charge in [0.05, 0.1) is 6.10 Å². The number of aliphatic hydroxyl groups excluding tert-OH is 1. The van der Waals surface area contributed by atoms with Crippen LogP contribution in [0.15, 0.2) is 34.9 Å². The third kappa shape index (κ3) is 3.52. The summed E-state index contributed by atoms with van der Waals surface area (Å²) in [5.74, 6) is -0.587. The molecule has 0 amide bonds. The van der Waals surface area contributed by atoms with Gasteiger partial charge in [0.2, 0.25) is 0 Å². The van der Waals surface area contributed by atoms with Gasteiger partial charge in [0.25, 0.3) is 0 Å². The summed E-state index contributed by atoms with van der Waals surface area (Å²) < 4.78 is 5.24. The summed E-state index contributed by atoms with van der Waals surface area (Å²) >= 11 is 6.70. The molecule has 1 N–H and O–H groups in total. The lowest BCUT2D eigenvalue weighted by Crippen LogP contribution is -2.55. The maximum atomic E-state index is 13.2. The molecule has 4 rings (SSSR count). The maximum absolute atomic E-state index is 13.2. The van der Waals surface area contributed by atoms with Crippen LogP contribution in [0.3, 0.4) is 0 Å². The Bertz CT molecular complexity index is 933. The number of carbonyl (C=O) groups is 3. The Morgan fingerprint density at radius 1 is 1.31 bits per heavy atom. The van der Waals surface area contributed by atoms with Crippen LogP contribution in [0.1, 0.15) is 53.4 Å². The first-order chi connectivity index (χ1) is 15.0. The molecule has 0 aromatic carbocycles. The minimum Gasteiger partial charge on any atom is -0.458 e. The van der Waals surface area contributed by atoms with Gasteiger partial charge < -0.3 is 9.84 Å². The van der Waals surface area contributed by atoms with Crippen LogP contribution >= 0.6 is 11.6 Å². The van der Waals surface area contributed by atoms with Gasteiger partial charge in [-0.05, 0) is 60.2 Å². The van der Waals surface area contributed by atoms with Crippen molar-refractivity contribution in [2.45, 2.75) is 59.5 Å². The molecule has 2 saturated carbocycles. The first-order valence-corrected chi connectivity index (χ1v) is 12.1. The van der Waals surface area contributed by atoms with E-state index in [1.807, 2.05) is 19.1 Å². The zero-order valence-corrected chi connectivity index (χ0v) is 20.0. The number of Topliss-reactive ketones (excluding diaryl/α,β-unsaturated/α-hetero) is 1. The average Bonchev–Trinajstić information content (AvgIpc) is 2.97. The Hall–Kier alpha value is -1.72. The van der Waals surface area contributed by atoms with Gasteiger partial charge in [-0.15, -0.1) is 0 Å². The van der Waals surface area contributed by atoms with Crippen molar-refractivity contribution >= 4 is 29.1 Å². The third-order valence-corrected chi connectivity index (χ3v) is 8.95. The summed E-state index contributed by atoms with van der Waals surface area (Å²) in [6.07, 6.45) is 8.77. The van der Waals surface area contributed by atoms with Crippen molar-refractivity contribution in [2.75, 3.05) is 6.61 Å². The molecule has 174 valence electrons. The Morgan fingerprint density at radius 3 is 2.72 bits per heavy atom. The van der Waals surface area contributed by atoms with E-state index in [0.29, 0.717) is 24.3 Å². The monoisotopic (exact) mass is 460 g/mol. The summed E-state index contributed by atoms with van der Waals surface area (Å²) in [7, 11) is 0. The van der Waals surface area contributed by atoms with Gasteiger partial charge in [-0.2, -0.15) is 0 Å². The molecular weight excluding hydrogens is 428 g/mol. The molecule has 6 heteroatoms. The van der Waals surface area contributed by atoms with Gasteiger partial charge >= 0.3 is 5.97 Å². The Labute approximate surface area is 194 Å². The fraction of sp³-hybridized carbons (Fsp3) is 0.654. The van der Waals surface area contributed by atoms with Crippen molar-refractivity contribution in [3.63, 3.8) is 0 Å². The number of allylic oxidation sites excluding steroid dienone is 6. The molecule has 0 saturated heterocycles. The van der Waals surface area contributed by atoms with Gasteiger partial charge in [0.1, 0.15) is 6.61 Å². The fourth-order valence-corrected chi connectivity index (χ4v) is 7.84. The number of carbonyl (C=O) groups excluding carboxylic acids is 3. The second-order valence-electron chi connectivity index (χ2n) is 10.6. The third-order valence-electron chi connectivity index (χ3n) is 8.62. The summed E-state index contributed by atoms with van der Waals surface area (Å²) in [6, 6.07) is 0. The molecule has 0 spiro atoms. The highest BCUT2D eigenvalue weighted by Gasteiger charge is 2.64. The molecule has 4 aliphatic carbocycles. The van der Waals surface area contributed by atoms with E-state index in [9.17, 15) is 19.5 Å². The molecule has 2 unspecified atom stereocenters. The first-order valence-electron chi connectivity index (χ1n) is 11.7.